The molecule has 0 bridgehead atoms. The molecule has 0 aromatic rings. The summed E-state index contributed by atoms with van der Waals surface area (Å²) in [5.74, 6) is 0.677. The summed E-state index contributed by atoms with van der Waals surface area (Å²) in [5.41, 5.74) is 0.0741. The van der Waals surface area contributed by atoms with Crippen molar-refractivity contribution in [3.8, 4) is 0 Å². The van der Waals surface area contributed by atoms with Crippen LogP contribution in [0.3, 0.4) is 0 Å². The summed E-state index contributed by atoms with van der Waals surface area (Å²) in [6.07, 6.45) is 1.09. The van der Waals surface area contributed by atoms with Gasteiger partial charge in [0.25, 0.3) is 0 Å². The zero-order valence-electron chi connectivity index (χ0n) is 8.89. The van der Waals surface area contributed by atoms with Gasteiger partial charge >= 0.3 is 0 Å². The standard InChI is InChI=1S/C10H21NO/c1-8-6-7-11(12)10(4,5)9(8,2)3/h8,12H,6-7H2,1-5H3. The van der Waals surface area contributed by atoms with Gasteiger partial charge in [-0.15, -0.1) is 0 Å². The van der Waals surface area contributed by atoms with Gasteiger partial charge < -0.3 is 5.21 Å². The molecule has 0 aromatic carbocycles. The van der Waals surface area contributed by atoms with E-state index in [0.29, 0.717) is 5.92 Å². The first-order valence-corrected chi connectivity index (χ1v) is 4.76. The number of hydroxylamine groups is 2. The fraction of sp³-hybridized carbons (Fsp3) is 1.00. The third kappa shape index (κ3) is 1.17. The third-order valence-electron chi connectivity index (χ3n) is 4.23. The Labute approximate surface area is 75.5 Å². The van der Waals surface area contributed by atoms with E-state index in [0.717, 1.165) is 13.0 Å². The second-order valence-corrected chi connectivity index (χ2v) is 5.09. The van der Waals surface area contributed by atoms with E-state index < -0.39 is 0 Å². The van der Waals surface area contributed by atoms with E-state index in [1.807, 2.05) is 0 Å². The van der Waals surface area contributed by atoms with E-state index in [1.54, 1.807) is 0 Å². The first-order chi connectivity index (χ1) is 5.30. The van der Waals surface area contributed by atoms with Gasteiger partial charge in [-0.2, -0.15) is 5.06 Å². The Kier molecular flexibility index (Phi) is 2.26. The Balaban J connectivity index is 2.92. The maximum absolute atomic E-state index is 9.72. The van der Waals surface area contributed by atoms with Crippen LogP contribution in [0.25, 0.3) is 0 Å². The van der Waals surface area contributed by atoms with E-state index in [2.05, 4.69) is 34.6 Å². The summed E-state index contributed by atoms with van der Waals surface area (Å²) in [6.45, 7) is 11.8. The summed E-state index contributed by atoms with van der Waals surface area (Å²) >= 11 is 0. The van der Waals surface area contributed by atoms with Crippen LogP contribution >= 0.6 is 0 Å². The molecule has 1 aliphatic rings. The molecule has 1 rings (SSSR count). The van der Waals surface area contributed by atoms with Gasteiger partial charge in [-0.1, -0.05) is 20.8 Å². The van der Waals surface area contributed by atoms with Crippen molar-refractivity contribution in [1.29, 1.82) is 0 Å². The number of nitrogens with zero attached hydrogens (tertiary/aromatic N) is 1. The number of piperidine rings is 1. The maximum Gasteiger partial charge on any atom is 0.0457 e. The van der Waals surface area contributed by atoms with Gasteiger partial charge in [0.2, 0.25) is 0 Å². The van der Waals surface area contributed by atoms with Crippen LogP contribution in [-0.2, 0) is 0 Å². The van der Waals surface area contributed by atoms with Crippen LogP contribution in [0.2, 0.25) is 0 Å². The highest BCUT2D eigenvalue weighted by atomic mass is 16.5. The fourth-order valence-corrected chi connectivity index (χ4v) is 1.89. The van der Waals surface area contributed by atoms with E-state index in [-0.39, 0.29) is 11.0 Å². The van der Waals surface area contributed by atoms with Crippen LogP contribution in [0, 0.1) is 11.3 Å². The van der Waals surface area contributed by atoms with Gasteiger partial charge in [0.1, 0.15) is 0 Å². The summed E-state index contributed by atoms with van der Waals surface area (Å²) < 4.78 is 0. The van der Waals surface area contributed by atoms with Crippen molar-refractivity contribution in [2.45, 2.75) is 46.6 Å². The van der Waals surface area contributed by atoms with Crippen molar-refractivity contribution >= 4 is 0 Å². The Morgan fingerprint density at radius 1 is 1.25 bits per heavy atom. The van der Waals surface area contributed by atoms with Crippen LogP contribution in [0.4, 0.5) is 0 Å². The molecule has 0 aliphatic carbocycles. The predicted molar refractivity (Wildman–Crippen MR) is 50.1 cm³/mol. The van der Waals surface area contributed by atoms with E-state index in [4.69, 9.17) is 0 Å². The van der Waals surface area contributed by atoms with Crippen molar-refractivity contribution < 1.29 is 5.21 Å². The normalized spacial score (nSPS) is 35.0. The molecule has 0 radical (unpaired) electrons. The van der Waals surface area contributed by atoms with Crippen molar-refractivity contribution in [3.63, 3.8) is 0 Å². The van der Waals surface area contributed by atoms with Gasteiger partial charge in [0.15, 0.2) is 0 Å². The molecule has 1 heterocycles. The van der Waals surface area contributed by atoms with Gasteiger partial charge in [0, 0.05) is 12.1 Å². The Bertz CT molecular complexity index is 155. The molecule has 12 heavy (non-hydrogen) atoms. The quantitative estimate of drug-likeness (QED) is 0.605. The van der Waals surface area contributed by atoms with Crippen molar-refractivity contribution in [1.82, 2.24) is 5.06 Å². The molecule has 2 heteroatoms. The fourth-order valence-electron chi connectivity index (χ4n) is 1.89. The van der Waals surface area contributed by atoms with E-state index >= 15 is 0 Å². The lowest BCUT2D eigenvalue weighted by Crippen LogP contribution is -2.59. The van der Waals surface area contributed by atoms with Crippen LogP contribution in [-0.4, -0.2) is 22.4 Å². The highest BCUT2D eigenvalue weighted by Gasteiger charge is 2.47. The van der Waals surface area contributed by atoms with Gasteiger partial charge in [-0.3, -0.25) is 0 Å². The summed E-state index contributed by atoms with van der Waals surface area (Å²) in [7, 11) is 0. The molecule has 0 aromatic heterocycles. The molecular formula is C10H21NO. The van der Waals surface area contributed by atoms with Gasteiger partial charge in [0.05, 0.1) is 0 Å². The molecule has 2 nitrogen and oxygen atoms in total. The predicted octanol–water partition coefficient (Wildman–Crippen LogP) is 2.52. The van der Waals surface area contributed by atoms with E-state index in [1.165, 1.54) is 5.06 Å². The van der Waals surface area contributed by atoms with Crippen molar-refractivity contribution in [2.75, 3.05) is 6.54 Å². The van der Waals surface area contributed by atoms with Crippen LogP contribution in [0.1, 0.15) is 41.0 Å². The molecule has 1 aliphatic heterocycles. The average Bonchev–Trinajstić information content (AvgIpc) is 1.96. The summed E-state index contributed by atoms with van der Waals surface area (Å²) in [6, 6.07) is 0. The molecule has 1 N–H and O–H groups in total. The molecule has 1 unspecified atom stereocenters. The van der Waals surface area contributed by atoms with Crippen molar-refractivity contribution in [2.24, 2.45) is 11.3 Å². The lowest BCUT2D eigenvalue weighted by Gasteiger charge is -2.53. The molecule has 0 spiro atoms. The Hall–Kier alpha value is -0.0800. The molecule has 0 saturated carbocycles. The Morgan fingerprint density at radius 3 is 2.17 bits per heavy atom. The van der Waals surface area contributed by atoms with E-state index in [9.17, 15) is 5.21 Å². The first-order valence-electron chi connectivity index (χ1n) is 4.76. The minimum Gasteiger partial charge on any atom is -0.313 e. The molecule has 72 valence electrons. The highest BCUT2D eigenvalue weighted by Crippen LogP contribution is 2.45. The van der Waals surface area contributed by atoms with Gasteiger partial charge in [-0.25, -0.2) is 0 Å². The van der Waals surface area contributed by atoms with Crippen LogP contribution < -0.4 is 0 Å². The lowest BCUT2D eigenvalue weighted by atomic mass is 9.63. The largest absolute Gasteiger partial charge is 0.313 e. The Morgan fingerprint density at radius 2 is 1.75 bits per heavy atom. The van der Waals surface area contributed by atoms with Crippen molar-refractivity contribution in [3.05, 3.63) is 0 Å². The smallest absolute Gasteiger partial charge is 0.0457 e. The number of rotatable bonds is 0. The lowest BCUT2D eigenvalue weighted by molar-refractivity contribution is -0.231. The highest BCUT2D eigenvalue weighted by molar-refractivity contribution is 4.98. The summed E-state index contributed by atoms with van der Waals surface area (Å²) in [4.78, 5) is 0. The topological polar surface area (TPSA) is 23.5 Å². The van der Waals surface area contributed by atoms with Crippen LogP contribution in [0.15, 0.2) is 0 Å². The SMILES string of the molecule is CC1CCN(O)C(C)(C)C1(C)C. The zero-order chi connectivity index (χ0) is 9.57. The molecular weight excluding hydrogens is 150 g/mol. The third-order valence-corrected chi connectivity index (χ3v) is 4.23. The zero-order valence-corrected chi connectivity index (χ0v) is 8.89. The first kappa shape index (κ1) is 10.0. The van der Waals surface area contributed by atoms with Gasteiger partial charge in [-0.05, 0) is 31.6 Å². The molecule has 1 fully saturated rings. The summed E-state index contributed by atoms with van der Waals surface area (Å²) in [5, 5.41) is 11.2. The minimum atomic E-state index is -0.106. The second-order valence-electron chi connectivity index (χ2n) is 5.09. The second kappa shape index (κ2) is 2.71. The molecule has 0 amide bonds. The molecule has 1 atom stereocenters. The minimum absolute atomic E-state index is 0.106. The average molecular weight is 171 g/mol. The molecule has 1 saturated heterocycles. The number of hydrogen-bond donors (Lipinski definition) is 1. The number of hydrogen-bond acceptors (Lipinski definition) is 2. The monoisotopic (exact) mass is 171 g/mol. The van der Waals surface area contributed by atoms with Crippen LogP contribution in [0.5, 0.6) is 0 Å². The maximum atomic E-state index is 9.72.